The van der Waals surface area contributed by atoms with E-state index in [4.69, 9.17) is 4.52 Å². The zero-order valence-electron chi connectivity index (χ0n) is 8.93. The van der Waals surface area contributed by atoms with E-state index in [-0.39, 0.29) is 0 Å². The summed E-state index contributed by atoms with van der Waals surface area (Å²) in [5.41, 5.74) is 2.19. The van der Waals surface area contributed by atoms with Crippen molar-refractivity contribution in [3.63, 3.8) is 0 Å². The highest BCUT2D eigenvalue weighted by Gasteiger charge is 2.10. The predicted molar refractivity (Wildman–Crippen MR) is 51.4 cm³/mol. The third-order valence-corrected chi connectivity index (χ3v) is 1.72. The summed E-state index contributed by atoms with van der Waals surface area (Å²) in [5, 5.41) is 3.86. The molecule has 1 rings (SSSR count). The molecule has 0 amide bonds. The third kappa shape index (κ3) is 2.36. The molecule has 0 radical (unpaired) electrons. The van der Waals surface area contributed by atoms with Gasteiger partial charge in [0, 0.05) is 11.5 Å². The lowest BCUT2D eigenvalue weighted by atomic mass is 10.1. The van der Waals surface area contributed by atoms with Crippen molar-refractivity contribution in [2.75, 3.05) is 0 Å². The Kier molecular flexibility index (Phi) is 4.64. The second kappa shape index (κ2) is 4.96. The highest BCUT2D eigenvalue weighted by Crippen LogP contribution is 2.20. The molecule has 0 N–H and O–H groups in total. The second-order valence-electron chi connectivity index (χ2n) is 2.91. The molecular formula is C10H19NO. The highest BCUT2D eigenvalue weighted by atomic mass is 16.5. The largest absolute Gasteiger partial charge is 0.361 e. The molecule has 0 aliphatic rings. The van der Waals surface area contributed by atoms with E-state index in [1.54, 1.807) is 0 Å². The second-order valence-corrected chi connectivity index (χ2v) is 2.91. The van der Waals surface area contributed by atoms with E-state index in [2.05, 4.69) is 19.0 Å². The normalized spacial score (nSPS) is 9.58. The van der Waals surface area contributed by atoms with Gasteiger partial charge in [-0.15, -0.1) is 0 Å². The van der Waals surface area contributed by atoms with Gasteiger partial charge in [0.15, 0.2) is 0 Å². The summed E-state index contributed by atoms with van der Waals surface area (Å²) < 4.78 is 5.11. The smallest absolute Gasteiger partial charge is 0.142 e. The summed E-state index contributed by atoms with van der Waals surface area (Å²) in [6, 6.07) is 0. The third-order valence-electron chi connectivity index (χ3n) is 1.72. The SMILES string of the molecule is CC.Cc1noc(C(C)C)c1C. The Morgan fingerprint density at radius 3 is 1.83 bits per heavy atom. The number of aryl methyl sites for hydroxylation is 1. The maximum Gasteiger partial charge on any atom is 0.142 e. The molecule has 0 unspecified atom stereocenters. The summed E-state index contributed by atoms with van der Waals surface area (Å²) in [4.78, 5) is 0. The van der Waals surface area contributed by atoms with E-state index in [1.807, 2.05) is 27.7 Å². The molecule has 0 spiro atoms. The fourth-order valence-electron chi connectivity index (χ4n) is 0.971. The zero-order valence-corrected chi connectivity index (χ0v) is 8.93. The van der Waals surface area contributed by atoms with Crippen LogP contribution in [0.3, 0.4) is 0 Å². The van der Waals surface area contributed by atoms with Crippen molar-refractivity contribution < 1.29 is 4.52 Å². The molecule has 0 atom stereocenters. The quantitative estimate of drug-likeness (QED) is 0.643. The molecular weight excluding hydrogens is 150 g/mol. The van der Waals surface area contributed by atoms with Gasteiger partial charge in [-0.3, -0.25) is 0 Å². The molecule has 70 valence electrons. The van der Waals surface area contributed by atoms with Gasteiger partial charge in [-0.1, -0.05) is 32.9 Å². The topological polar surface area (TPSA) is 26.0 Å². The molecule has 2 nitrogen and oxygen atoms in total. The van der Waals surface area contributed by atoms with Crippen molar-refractivity contribution in [2.24, 2.45) is 0 Å². The number of aromatic nitrogens is 1. The van der Waals surface area contributed by atoms with Crippen LogP contribution in [0.2, 0.25) is 0 Å². The molecule has 0 bridgehead atoms. The van der Waals surface area contributed by atoms with Crippen LogP contribution in [0.5, 0.6) is 0 Å². The first-order chi connectivity index (χ1) is 5.63. The number of nitrogens with zero attached hydrogens (tertiary/aromatic N) is 1. The van der Waals surface area contributed by atoms with Crippen LogP contribution >= 0.6 is 0 Å². The lowest BCUT2D eigenvalue weighted by Crippen LogP contribution is -1.86. The van der Waals surface area contributed by atoms with E-state index in [0.717, 1.165) is 11.5 Å². The maximum atomic E-state index is 5.11. The van der Waals surface area contributed by atoms with Gasteiger partial charge in [-0.2, -0.15) is 0 Å². The highest BCUT2D eigenvalue weighted by molar-refractivity contribution is 5.21. The van der Waals surface area contributed by atoms with Crippen LogP contribution in [0.1, 0.15) is 50.6 Å². The molecule has 1 aromatic rings. The van der Waals surface area contributed by atoms with E-state index in [1.165, 1.54) is 5.56 Å². The Morgan fingerprint density at radius 2 is 1.67 bits per heavy atom. The van der Waals surface area contributed by atoms with Gasteiger partial charge in [-0.05, 0) is 13.8 Å². The van der Waals surface area contributed by atoms with E-state index in [9.17, 15) is 0 Å². The summed E-state index contributed by atoms with van der Waals surface area (Å²) in [6.07, 6.45) is 0. The number of hydrogen-bond acceptors (Lipinski definition) is 2. The minimum absolute atomic E-state index is 0.446. The van der Waals surface area contributed by atoms with Gasteiger partial charge < -0.3 is 4.52 Å². The van der Waals surface area contributed by atoms with E-state index < -0.39 is 0 Å². The first-order valence-corrected chi connectivity index (χ1v) is 4.55. The molecule has 12 heavy (non-hydrogen) atoms. The average molecular weight is 169 g/mol. The Labute approximate surface area is 75.0 Å². The van der Waals surface area contributed by atoms with E-state index in [0.29, 0.717) is 5.92 Å². The van der Waals surface area contributed by atoms with Gasteiger partial charge in [0.05, 0.1) is 5.69 Å². The van der Waals surface area contributed by atoms with E-state index >= 15 is 0 Å². The summed E-state index contributed by atoms with van der Waals surface area (Å²) in [7, 11) is 0. The molecule has 0 saturated carbocycles. The van der Waals surface area contributed by atoms with Crippen LogP contribution in [0.25, 0.3) is 0 Å². The van der Waals surface area contributed by atoms with Crippen molar-refractivity contribution in [3.8, 4) is 0 Å². The Balaban J connectivity index is 0.000000561. The monoisotopic (exact) mass is 169 g/mol. The van der Waals surface area contributed by atoms with Crippen molar-refractivity contribution in [3.05, 3.63) is 17.0 Å². The molecule has 2 heteroatoms. The predicted octanol–water partition coefficient (Wildman–Crippen LogP) is 3.44. The molecule has 0 aromatic carbocycles. The van der Waals surface area contributed by atoms with Crippen molar-refractivity contribution in [2.45, 2.75) is 47.5 Å². The maximum absolute atomic E-state index is 5.11. The van der Waals surface area contributed by atoms with Gasteiger partial charge in [0.2, 0.25) is 0 Å². The first-order valence-electron chi connectivity index (χ1n) is 4.55. The minimum Gasteiger partial charge on any atom is -0.361 e. The zero-order chi connectivity index (χ0) is 9.72. The average Bonchev–Trinajstić information content (AvgIpc) is 2.37. The van der Waals surface area contributed by atoms with Crippen LogP contribution < -0.4 is 0 Å². The fourth-order valence-corrected chi connectivity index (χ4v) is 0.971. The van der Waals surface area contributed by atoms with Crippen LogP contribution in [0.15, 0.2) is 4.52 Å². The lowest BCUT2D eigenvalue weighted by molar-refractivity contribution is 0.367. The molecule has 1 aromatic heterocycles. The van der Waals surface area contributed by atoms with Crippen LogP contribution in [-0.4, -0.2) is 5.16 Å². The summed E-state index contributed by atoms with van der Waals surface area (Å²) in [6.45, 7) is 12.2. The van der Waals surface area contributed by atoms with Gasteiger partial charge in [-0.25, -0.2) is 0 Å². The van der Waals surface area contributed by atoms with Crippen LogP contribution in [0.4, 0.5) is 0 Å². The fraction of sp³-hybridized carbons (Fsp3) is 0.700. The van der Waals surface area contributed by atoms with Crippen LogP contribution in [-0.2, 0) is 0 Å². The molecule has 0 aliphatic carbocycles. The van der Waals surface area contributed by atoms with Gasteiger partial charge in [0.1, 0.15) is 5.76 Å². The minimum atomic E-state index is 0.446. The van der Waals surface area contributed by atoms with Gasteiger partial charge in [0.25, 0.3) is 0 Å². The molecule has 0 aliphatic heterocycles. The van der Waals surface area contributed by atoms with Crippen molar-refractivity contribution in [1.29, 1.82) is 0 Å². The lowest BCUT2D eigenvalue weighted by Gasteiger charge is -1.97. The summed E-state index contributed by atoms with van der Waals surface area (Å²) in [5.74, 6) is 1.46. The standard InChI is InChI=1S/C8H13NO.C2H6/c1-5(2)8-6(3)7(4)9-10-8;1-2/h5H,1-4H3;1-2H3. The van der Waals surface area contributed by atoms with Crippen molar-refractivity contribution in [1.82, 2.24) is 5.16 Å². The number of hydrogen-bond donors (Lipinski definition) is 0. The van der Waals surface area contributed by atoms with Crippen LogP contribution in [0, 0.1) is 13.8 Å². The molecule has 1 heterocycles. The van der Waals surface area contributed by atoms with Gasteiger partial charge >= 0.3 is 0 Å². The summed E-state index contributed by atoms with van der Waals surface area (Å²) >= 11 is 0. The number of rotatable bonds is 1. The molecule has 0 saturated heterocycles. The molecule has 0 fully saturated rings. The first kappa shape index (κ1) is 11.2. The Hall–Kier alpha value is -0.790. The Morgan fingerprint density at radius 1 is 1.17 bits per heavy atom. The Bertz CT molecular complexity index is 226. The van der Waals surface area contributed by atoms with Crippen molar-refractivity contribution >= 4 is 0 Å².